The molecule has 0 saturated carbocycles. The molecule has 1 saturated heterocycles. The number of nitrogens with two attached hydrogens (primary N) is 1. The number of aromatic carboxylic acids is 1. The first-order valence-corrected chi connectivity index (χ1v) is 12.9. The van der Waals surface area contributed by atoms with E-state index in [4.69, 9.17) is 22.2 Å². The molecular formula is C27H31ClN6O5. The van der Waals surface area contributed by atoms with Crippen LogP contribution in [0.25, 0.3) is 0 Å². The smallest absolute Gasteiger partial charge is 0.337 e. The van der Waals surface area contributed by atoms with Gasteiger partial charge in [0.05, 0.1) is 35.7 Å². The third-order valence-corrected chi connectivity index (χ3v) is 6.50. The molecule has 0 spiro atoms. The molecule has 2 aromatic rings. The number of carbonyl (C=O) groups excluding carboxylic acids is 2. The number of imide groups is 1. The first-order chi connectivity index (χ1) is 18.7. The van der Waals surface area contributed by atoms with Crippen molar-refractivity contribution in [3.63, 3.8) is 0 Å². The molecule has 11 nitrogen and oxygen atoms in total. The van der Waals surface area contributed by atoms with Crippen molar-refractivity contribution in [2.24, 2.45) is 11.1 Å². The summed E-state index contributed by atoms with van der Waals surface area (Å²) in [5.74, 6) is -2.01. The van der Waals surface area contributed by atoms with Gasteiger partial charge < -0.3 is 26.3 Å². The second-order valence-electron chi connectivity index (χ2n) is 9.02. The van der Waals surface area contributed by atoms with Crippen LogP contribution in [0.4, 0.5) is 10.5 Å². The Balaban J connectivity index is 1.90. The number of carbonyl (C=O) groups is 3. The number of amidine groups is 1. The summed E-state index contributed by atoms with van der Waals surface area (Å²) in [6.45, 7) is 4.02. The zero-order valence-corrected chi connectivity index (χ0v) is 22.5. The maximum absolute atomic E-state index is 13.7. The zero-order chi connectivity index (χ0) is 28.5. The van der Waals surface area contributed by atoms with E-state index in [1.807, 2.05) is 6.92 Å². The van der Waals surface area contributed by atoms with Crippen LogP contribution >= 0.6 is 11.6 Å². The molecule has 12 heteroatoms. The number of hydrogen-bond acceptors (Lipinski definition) is 7. The van der Waals surface area contributed by atoms with E-state index < -0.39 is 29.9 Å². The molecule has 1 aliphatic rings. The highest BCUT2D eigenvalue weighted by Gasteiger charge is 2.35. The van der Waals surface area contributed by atoms with E-state index in [-0.39, 0.29) is 30.8 Å². The van der Waals surface area contributed by atoms with Gasteiger partial charge in [-0.25, -0.2) is 9.59 Å². The molecule has 1 heterocycles. The molecule has 0 unspecified atom stereocenters. The first kappa shape index (κ1) is 29.3. The normalized spacial score (nSPS) is 17.1. The summed E-state index contributed by atoms with van der Waals surface area (Å²) >= 11 is 6.14. The molecule has 1 aliphatic heterocycles. The number of hydrogen-bond donors (Lipinski definition) is 4. The van der Waals surface area contributed by atoms with Gasteiger partial charge in [-0.1, -0.05) is 36.2 Å². The fourth-order valence-corrected chi connectivity index (χ4v) is 4.50. The van der Waals surface area contributed by atoms with E-state index in [2.05, 4.69) is 21.9 Å². The Morgan fingerprint density at radius 2 is 2.10 bits per heavy atom. The Kier molecular flexibility index (Phi) is 10.1. The van der Waals surface area contributed by atoms with Gasteiger partial charge in [0.15, 0.2) is 5.84 Å². The van der Waals surface area contributed by atoms with Crippen molar-refractivity contribution in [2.75, 3.05) is 25.4 Å². The molecule has 0 aromatic heterocycles. The van der Waals surface area contributed by atoms with Crippen molar-refractivity contribution in [1.82, 2.24) is 15.5 Å². The summed E-state index contributed by atoms with van der Waals surface area (Å²) in [5, 5.41) is 29.2. The number of rotatable bonds is 9. The molecule has 0 radical (unpaired) electrons. The van der Waals surface area contributed by atoms with E-state index in [0.717, 1.165) is 4.90 Å². The molecule has 0 aliphatic carbocycles. The molecule has 5 N–H and O–H groups in total. The van der Waals surface area contributed by atoms with Crippen LogP contribution in [0.5, 0.6) is 0 Å². The topological polar surface area (TPSA) is 170 Å². The van der Waals surface area contributed by atoms with Crippen LogP contribution in [-0.4, -0.2) is 53.4 Å². The zero-order valence-electron chi connectivity index (χ0n) is 21.7. The molecule has 39 heavy (non-hydrogen) atoms. The summed E-state index contributed by atoms with van der Waals surface area (Å²) in [4.78, 5) is 44.8. The highest BCUT2D eigenvalue weighted by molar-refractivity contribution is 6.30. The van der Waals surface area contributed by atoms with Crippen LogP contribution in [0, 0.1) is 17.2 Å². The molecule has 3 amide bonds. The number of anilines is 1. The van der Waals surface area contributed by atoms with Gasteiger partial charge in [0.1, 0.15) is 6.61 Å². The van der Waals surface area contributed by atoms with Gasteiger partial charge in [-0.3, -0.25) is 9.69 Å². The minimum atomic E-state index is -1.15. The summed E-state index contributed by atoms with van der Waals surface area (Å²) in [6, 6.07) is 10.3. The average Bonchev–Trinajstić information content (AvgIpc) is 3.05. The molecular weight excluding hydrogens is 524 g/mol. The minimum Gasteiger partial charge on any atom is -0.478 e. The third kappa shape index (κ3) is 7.39. The van der Waals surface area contributed by atoms with Gasteiger partial charge in [-0.15, -0.1) is 0 Å². The number of urea groups is 1. The van der Waals surface area contributed by atoms with Crippen LogP contribution in [0.2, 0.25) is 5.02 Å². The summed E-state index contributed by atoms with van der Waals surface area (Å²) in [6.07, 6.45) is 1.40. The van der Waals surface area contributed by atoms with Crippen LogP contribution in [-0.2, 0) is 16.1 Å². The van der Waals surface area contributed by atoms with Crippen LogP contribution in [0.3, 0.4) is 0 Å². The van der Waals surface area contributed by atoms with Crippen molar-refractivity contribution < 1.29 is 24.3 Å². The molecule has 1 fully saturated rings. The Labute approximate surface area is 231 Å². The van der Waals surface area contributed by atoms with Crippen molar-refractivity contribution in [1.29, 1.82) is 5.26 Å². The first-order valence-electron chi connectivity index (χ1n) is 12.5. The number of nitrogens with zero attached hydrogens (tertiary/aromatic N) is 3. The fraction of sp³-hybridized carbons (Fsp3) is 0.370. The van der Waals surface area contributed by atoms with Gasteiger partial charge in [0.25, 0.3) is 0 Å². The molecule has 3 rings (SSSR count). The largest absolute Gasteiger partial charge is 0.478 e. The lowest BCUT2D eigenvalue weighted by Gasteiger charge is -2.26. The standard InChI is InChI=1S/C27H31ClN6O5/c1-3-5-23(16-7-9-21(26(36)37)22(30)12-16)32-27(38)34-15-24(33-39-4-2)31-14-19(25(34)35)10-18-11-20(28)8-6-17(18)13-29/h6-9,11-12,19,23H,3-5,10,14-15,30H2,1-2H3,(H,31,33)(H,32,38)(H,36,37)/t19-,23+/m0/s1. The highest BCUT2D eigenvalue weighted by atomic mass is 35.5. The maximum Gasteiger partial charge on any atom is 0.337 e. The third-order valence-electron chi connectivity index (χ3n) is 6.26. The maximum atomic E-state index is 13.7. The van der Waals surface area contributed by atoms with Crippen molar-refractivity contribution >= 4 is 41.0 Å². The highest BCUT2D eigenvalue weighted by Crippen LogP contribution is 2.25. The lowest BCUT2D eigenvalue weighted by molar-refractivity contribution is -0.131. The molecule has 0 bridgehead atoms. The molecule has 2 aromatic carbocycles. The van der Waals surface area contributed by atoms with E-state index in [1.165, 1.54) is 12.1 Å². The number of halogens is 1. The van der Waals surface area contributed by atoms with Crippen molar-refractivity contribution in [2.45, 2.75) is 39.2 Å². The number of carboxylic acids is 1. The van der Waals surface area contributed by atoms with Gasteiger partial charge >= 0.3 is 12.0 Å². The predicted molar refractivity (Wildman–Crippen MR) is 146 cm³/mol. The minimum absolute atomic E-state index is 0.0357. The van der Waals surface area contributed by atoms with E-state index >= 15 is 0 Å². The second kappa shape index (κ2) is 13.5. The SMILES string of the molecule is CCC[C@@H](NC(=O)N1C/C(=N/OCC)NC[C@H](Cc2cc(Cl)ccc2C#N)C1=O)c1ccc(C(=O)O)c(N)c1. The number of amides is 3. The Bertz CT molecular complexity index is 1310. The Hall–Kier alpha value is -4.30. The Morgan fingerprint density at radius 3 is 2.74 bits per heavy atom. The van der Waals surface area contributed by atoms with Gasteiger partial charge in [0.2, 0.25) is 5.91 Å². The number of nitrogens with one attached hydrogen (secondary N) is 2. The van der Waals surface area contributed by atoms with E-state index in [9.17, 15) is 24.8 Å². The van der Waals surface area contributed by atoms with Gasteiger partial charge in [-0.2, -0.15) is 5.26 Å². The predicted octanol–water partition coefficient (Wildman–Crippen LogP) is 3.68. The molecule has 2 atom stereocenters. The number of nitrogen functional groups attached to an aromatic ring is 1. The number of oxime groups is 1. The van der Waals surface area contributed by atoms with E-state index in [1.54, 1.807) is 31.2 Å². The number of carboxylic acid groups (broad SMARTS) is 1. The summed E-state index contributed by atoms with van der Waals surface area (Å²) in [5.41, 5.74) is 7.57. The van der Waals surface area contributed by atoms with Crippen LogP contribution in [0.15, 0.2) is 41.6 Å². The monoisotopic (exact) mass is 554 g/mol. The van der Waals surface area contributed by atoms with Crippen LogP contribution in [0.1, 0.15) is 59.8 Å². The summed E-state index contributed by atoms with van der Waals surface area (Å²) < 4.78 is 0. The second-order valence-corrected chi connectivity index (χ2v) is 9.45. The number of nitriles is 1. The summed E-state index contributed by atoms with van der Waals surface area (Å²) in [7, 11) is 0. The Morgan fingerprint density at radius 1 is 1.33 bits per heavy atom. The quantitative estimate of drug-likeness (QED) is 0.268. The van der Waals surface area contributed by atoms with Crippen molar-refractivity contribution in [3.8, 4) is 6.07 Å². The lowest BCUT2D eigenvalue weighted by Crippen LogP contribution is -2.48. The van der Waals surface area contributed by atoms with E-state index in [0.29, 0.717) is 47.0 Å². The lowest BCUT2D eigenvalue weighted by atomic mass is 9.95. The van der Waals surface area contributed by atoms with Gasteiger partial charge in [0, 0.05) is 17.3 Å². The number of benzene rings is 2. The average molecular weight is 555 g/mol. The van der Waals surface area contributed by atoms with Crippen molar-refractivity contribution in [3.05, 3.63) is 63.7 Å². The van der Waals surface area contributed by atoms with Gasteiger partial charge in [-0.05, 0) is 61.2 Å². The van der Waals surface area contributed by atoms with Crippen LogP contribution < -0.4 is 16.4 Å². The molecule has 206 valence electrons. The fourth-order valence-electron chi connectivity index (χ4n) is 4.30.